The highest BCUT2D eigenvalue weighted by Crippen LogP contribution is 2.36. The molecule has 126 valence electrons. The fourth-order valence-electron chi connectivity index (χ4n) is 3.75. The van der Waals surface area contributed by atoms with Gasteiger partial charge in [0.25, 0.3) is 0 Å². The maximum Gasteiger partial charge on any atom is 0.227 e. The summed E-state index contributed by atoms with van der Waals surface area (Å²) in [5.41, 5.74) is 0.211. The monoisotopic (exact) mass is 321 g/mol. The van der Waals surface area contributed by atoms with Gasteiger partial charge in [-0.25, -0.2) is 4.39 Å². The molecule has 0 saturated carbocycles. The van der Waals surface area contributed by atoms with Gasteiger partial charge in [0.05, 0.1) is 18.1 Å². The minimum atomic E-state index is -0.315. The van der Waals surface area contributed by atoms with E-state index >= 15 is 0 Å². The molecule has 0 N–H and O–H groups in total. The average molecular weight is 321 g/mol. The van der Waals surface area contributed by atoms with E-state index in [0.29, 0.717) is 18.7 Å². The van der Waals surface area contributed by atoms with Gasteiger partial charge in [0, 0.05) is 26.8 Å². The lowest BCUT2D eigenvalue weighted by atomic mass is 9.81. The highest BCUT2D eigenvalue weighted by molar-refractivity contribution is 5.79. The van der Waals surface area contributed by atoms with Gasteiger partial charge >= 0.3 is 0 Å². The van der Waals surface area contributed by atoms with Crippen LogP contribution in [0, 0.1) is 5.82 Å². The summed E-state index contributed by atoms with van der Waals surface area (Å²) >= 11 is 0. The summed E-state index contributed by atoms with van der Waals surface area (Å²) < 4.78 is 25.4. The molecule has 3 rings (SSSR count). The van der Waals surface area contributed by atoms with Crippen LogP contribution in [0.2, 0.25) is 0 Å². The van der Waals surface area contributed by atoms with E-state index in [9.17, 15) is 9.18 Å². The van der Waals surface area contributed by atoms with Crippen molar-refractivity contribution in [2.75, 3.05) is 26.8 Å². The second-order valence-electron chi connectivity index (χ2n) is 6.43. The van der Waals surface area contributed by atoms with Crippen molar-refractivity contribution < 1.29 is 18.7 Å². The molecule has 1 aromatic carbocycles. The summed E-state index contributed by atoms with van der Waals surface area (Å²) in [4.78, 5) is 14.3. The summed E-state index contributed by atoms with van der Waals surface area (Å²) in [5.74, 6) is -0.334. The first kappa shape index (κ1) is 16.4. The van der Waals surface area contributed by atoms with Gasteiger partial charge in [0.1, 0.15) is 5.82 Å². The molecule has 2 fully saturated rings. The average Bonchev–Trinajstić information content (AvgIpc) is 2.58. The summed E-state index contributed by atoms with van der Waals surface area (Å²) in [6.07, 6.45) is 3.84. The molecule has 0 bridgehead atoms. The molecule has 0 aromatic heterocycles. The van der Waals surface area contributed by atoms with Crippen molar-refractivity contribution in [3.63, 3.8) is 0 Å². The van der Waals surface area contributed by atoms with Crippen LogP contribution >= 0.6 is 0 Å². The number of halogens is 1. The number of rotatable bonds is 3. The van der Waals surface area contributed by atoms with Gasteiger partial charge in [-0.2, -0.15) is 0 Å². The van der Waals surface area contributed by atoms with Crippen molar-refractivity contribution in [3.8, 4) is 0 Å². The normalized spacial score (nSPS) is 23.9. The van der Waals surface area contributed by atoms with Crippen molar-refractivity contribution in [2.24, 2.45) is 0 Å². The largest absolute Gasteiger partial charge is 0.378 e. The van der Waals surface area contributed by atoms with E-state index in [-0.39, 0.29) is 29.9 Å². The number of likely N-dealkylation sites (tertiary alicyclic amines) is 1. The van der Waals surface area contributed by atoms with Gasteiger partial charge in [0.15, 0.2) is 0 Å². The minimum Gasteiger partial charge on any atom is -0.378 e. The van der Waals surface area contributed by atoms with Gasteiger partial charge in [-0.15, -0.1) is 0 Å². The number of ether oxygens (including phenoxy) is 2. The lowest BCUT2D eigenvalue weighted by Gasteiger charge is -2.48. The first-order valence-electron chi connectivity index (χ1n) is 8.32. The second-order valence-corrected chi connectivity index (χ2v) is 6.43. The van der Waals surface area contributed by atoms with Gasteiger partial charge in [0.2, 0.25) is 5.91 Å². The highest BCUT2D eigenvalue weighted by atomic mass is 19.1. The van der Waals surface area contributed by atoms with Crippen LogP contribution in [-0.4, -0.2) is 49.3 Å². The standard InChI is InChI=1S/C18H24FNO3/c1-22-16-7-4-12-23-18(16)8-10-20(11-9-18)17(21)13-14-5-2-3-6-15(14)19/h2-3,5-6,16H,4,7-13H2,1H3/t16-/m0/s1. The topological polar surface area (TPSA) is 38.8 Å². The quantitative estimate of drug-likeness (QED) is 0.859. The number of benzene rings is 1. The fourth-order valence-corrected chi connectivity index (χ4v) is 3.75. The van der Waals surface area contributed by atoms with Crippen LogP contribution in [0.3, 0.4) is 0 Å². The molecule has 0 unspecified atom stereocenters. The van der Waals surface area contributed by atoms with E-state index in [1.807, 2.05) is 4.90 Å². The Labute approximate surface area is 136 Å². The van der Waals surface area contributed by atoms with E-state index in [0.717, 1.165) is 32.3 Å². The van der Waals surface area contributed by atoms with Crippen LogP contribution in [0.25, 0.3) is 0 Å². The molecule has 0 aliphatic carbocycles. The molecule has 1 atom stereocenters. The number of nitrogens with zero attached hydrogens (tertiary/aromatic N) is 1. The molecule has 23 heavy (non-hydrogen) atoms. The minimum absolute atomic E-state index is 0.0188. The number of hydrogen-bond donors (Lipinski definition) is 0. The third-order valence-electron chi connectivity index (χ3n) is 5.13. The van der Waals surface area contributed by atoms with Crippen LogP contribution in [0.4, 0.5) is 4.39 Å². The second kappa shape index (κ2) is 6.97. The van der Waals surface area contributed by atoms with Crippen LogP contribution in [0.5, 0.6) is 0 Å². The van der Waals surface area contributed by atoms with Crippen molar-refractivity contribution >= 4 is 5.91 Å². The number of methoxy groups -OCH3 is 1. The maximum absolute atomic E-state index is 13.7. The lowest BCUT2D eigenvalue weighted by Crippen LogP contribution is -2.56. The molecule has 1 amide bonds. The number of piperidine rings is 1. The van der Waals surface area contributed by atoms with E-state index in [4.69, 9.17) is 9.47 Å². The third-order valence-corrected chi connectivity index (χ3v) is 5.13. The number of amides is 1. The zero-order valence-corrected chi connectivity index (χ0v) is 13.6. The molecular formula is C18H24FNO3. The fraction of sp³-hybridized carbons (Fsp3) is 0.611. The van der Waals surface area contributed by atoms with E-state index in [1.54, 1.807) is 25.3 Å². The Morgan fingerprint density at radius 2 is 2.13 bits per heavy atom. The lowest BCUT2D eigenvalue weighted by molar-refractivity contribution is -0.188. The molecular weight excluding hydrogens is 297 g/mol. The van der Waals surface area contributed by atoms with Gasteiger partial charge in [-0.05, 0) is 37.3 Å². The van der Waals surface area contributed by atoms with Crippen molar-refractivity contribution in [3.05, 3.63) is 35.6 Å². The number of carbonyl (C=O) groups excluding carboxylic acids is 1. The molecule has 2 saturated heterocycles. The third kappa shape index (κ3) is 3.40. The Bertz CT molecular complexity index is 555. The summed E-state index contributed by atoms with van der Waals surface area (Å²) in [6, 6.07) is 6.46. The van der Waals surface area contributed by atoms with Gasteiger partial charge in [-0.3, -0.25) is 4.79 Å². The first-order valence-corrected chi connectivity index (χ1v) is 8.32. The van der Waals surface area contributed by atoms with Crippen LogP contribution in [0.1, 0.15) is 31.2 Å². The molecule has 1 spiro atoms. The molecule has 5 heteroatoms. The molecule has 1 aromatic rings. The summed E-state index contributed by atoms with van der Waals surface area (Å²) in [7, 11) is 1.73. The molecule has 2 aliphatic rings. The number of hydrogen-bond acceptors (Lipinski definition) is 3. The number of carbonyl (C=O) groups is 1. The van der Waals surface area contributed by atoms with Crippen molar-refractivity contribution in [1.82, 2.24) is 4.90 Å². The van der Waals surface area contributed by atoms with Crippen molar-refractivity contribution in [2.45, 2.75) is 43.8 Å². The van der Waals surface area contributed by atoms with Gasteiger partial charge in [-0.1, -0.05) is 18.2 Å². The zero-order valence-electron chi connectivity index (χ0n) is 13.6. The van der Waals surface area contributed by atoms with Crippen molar-refractivity contribution in [1.29, 1.82) is 0 Å². The molecule has 4 nitrogen and oxygen atoms in total. The zero-order chi connectivity index (χ0) is 16.3. The maximum atomic E-state index is 13.7. The Hall–Kier alpha value is -1.46. The molecule has 2 aliphatic heterocycles. The Morgan fingerprint density at radius 1 is 1.39 bits per heavy atom. The smallest absolute Gasteiger partial charge is 0.227 e. The molecule has 2 heterocycles. The SMILES string of the molecule is CO[C@H]1CCCOC12CCN(C(=O)Cc1ccccc1F)CC2. The van der Waals surface area contributed by atoms with Crippen LogP contribution < -0.4 is 0 Å². The van der Waals surface area contributed by atoms with Crippen LogP contribution in [0.15, 0.2) is 24.3 Å². The molecule has 0 radical (unpaired) electrons. The Kier molecular flexibility index (Phi) is 4.97. The van der Waals surface area contributed by atoms with E-state index in [1.165, 1.54) is 6.07 Å². The summed E-state index contributed by atoms with van der Waals surface area (Å²) in [5, 5.41) is 0. The first-order chi connectivity index (χ1) is 11.1. The van der Waals surface area contributed by atoms with E-state index in [2.05, 4.69) is 0 Å². The highest BCUT2D eigenvalue weighted by Gasteiger charge is 2.45. The Morgan fingerprint density at radius 3 is 2.83 bits per heavy atom. The predicted octanol–water partition coefficient (Wildman–Crippen LogP) is 2.55. The van der Waals surface area contributed by atoms with Gasteiger partial charge < -0.3 is 14.4 Å². The van der Waals surface area contributed by atoms with Crippen LogP contribution in [-0.2, 0) is 20.7 Å². The Balaban J connectivity index is 1.60. The predicted molar refractivity (Wildman–Crippen MR) is 84.6 cm³/mol. The van der Waals surface area contributed by atoms with E-state index < -0.39 is 0 Å². The summed E-state index contributed by atoms with van der Waals surface area (Å²) in [6.45, 7) is 2.06.